The number of piperazine rings is 1. The number of sulfonamides is 1. The fourth-order valence-electron chi connectivity index (χ4n) is 4.64. The van der Waals surface area contributed by atoms with E-state index in [1.807, 2.05) is 4.90 Å². The Bertz CT molecular complexity index is 892. The molecule has 0 spiro atoms. The Kier molecular flexibility index (Phi) is 7.45. The summed E-state index contributed by atoms with van der Waals surface area (Å²) in [6.07, 6.45) is 3.64. The lowest BCUT2D eigenvalue weighted by molar-refractivity contribution is -0.138. The Morgan fingerprint density at radius 1 is 1.03 bits per heavy atom. The van der Waals surface area contributed by atoms with Crippen LogP contribution in [0.25, 0.3) is 0 Å². The van der Waals surface area contributed by atoms with Gasteiger partial charge in [0.05, 0.1) is 11.1 Å². The fraction of sp³-hybridized carbons (Fsp3) is 0.667. The molecule has 0 radical (unpaired) electrons. The molecule has 10 heteroatoms. The van der Waals surface area contributed by atoms with E-state index < -0.39 is 10.0 Å². The molecule has 0 bridgehead atoms. The fourth-order valence-corrected chi connectivity index (χ4v) is 6.85. The van der Waals surface area contributed by atoms with Gasteiger partial charge in [0, 0.05) is 63.4 Å². The average Bonchev–Trinajstić information content (AvgIpc) is 3.28. The van der Waals surface area contributed by atoms with E-state index in [9.17, 15) is 13.2 Å². The highest BCUT2D eigenvalue weighted by Crippen LogP contribution is 2.31. The molecule has 1 unspecified atom stereocenters. The number of ether oxygens (including phenoxy) is 1. The number of piperidine rings is 1. The second-order valence-corrected chi connectivity index (χ2v) is 11.3. The van der Waals surface area contributed by atoms with Crippen LogP contribution in [-0.2, 0) is 19.6 Å². The van der Waals surface area contributed by atoms with Gasteiger partial charge in [-0.2, -0.15) is 4.31 Å². The molecule has 1 aromatic carbocycles. The number of carbonyl (C=O) groups excluding carboxylic acids is 1. The third kappa shape index (κ3) is 5.37. The molecule has 3 fully saturated rings. The van der Waals surface area contributed by atoms with Crippen LogP contribution in [-0.4, -0.2) is 87.0 Å². The zero-order valence-electron chi connectivity index (χ0n) is 17.5. The predicted octanol–water partition coefficient (Wildman–Crippen LogP) is 2.72. The maximum atomic E-state index is 13.0. The molecule has 7 nitrogen and oxygen atoms in total. The molecule has 0 aromatic heterocycles. The summed E-state index contributed by atoms with van der Waals surface area (Å²) in [6, 6.07) is 4.44. The van der Waals surface area contributed by atoms with E-state index in [1.165, 1.54) is 16.4 Å². The number of hydrogen-bond donors (Lipinski definition) is 0. The molecule has 1 atom stereocenters. The molecule has 3 aliphatic rings. The van der Waals surface area contributed by atoms with E-state index in [0.29, 0.717) is 37.1 Å². The van der Waals surface area contributed by atoms with Gasteiger partial charge in [-0.15, -0.1) is 0 Å². The normalized spacial score (nSPS) is 24.6. The van der Waals surface area contributed by atoms with Gasteiger partial charge in [0.25, 0.3) is 0 Å². The molecule has 1 amide bonds. The van der Waals surface area contributed by atoms with Crippen LogP contribution in [0.1, 0.15) is 25.7 Å². The SMILES string of the molecule is O=C(C1CCN(S(=O)(=O)c2cc(Cl)ccc2Cl)CC1)N1CCN(CC2CCCO2)CC1. The van der Waals surface area contributed by atoms with E-state index in [-0.39, 0.29) is 21.7 Å². The predicted molar refractivity (Wildman–Crippen MR) is 120 cm³/mol. The highest BCUT2D eigenvalue weighted by Gasteiger charge is 2.35. The summed E-state index contributed by atoms with van der Waals surface area (Å²) in [5.41, 5.74) is 0. The first kappa shape index (κ1) is 23.3. The molecule has 3 saturated heterocycles. The minimum Gasteiger partial charge on any atom is -0.377 e. The lowest BCUT2D eigenvalue weighted by atomic mass is 9.96. The Morgan fingerprint density at radius 2 is 1.74 bits per heavy atom. The van der Waals surface area contributed by atoms with Crippen molar-refractivity contribution < 1.29 is 17.9 Å². The number of carbonyl (C=O) groups is 1. The van der Waals surface area contributed by atoms with Crippen LogP contribution in [0, 0.1) is 5.92 Å². The summed E-state index contributed by atoms with van der Waals surface area (Å²) < 4.78 is 33.1. The number of hydrogen-bond acceptors (Lipinski definition) is 5. The second-order valence-electron chi connectivity index (χ2n) is 8.51. The zero-order chi connectivity index (χ0) is 22.0. The summed E-state index contributed by atoms with van der Waals surface area (Å²) >= 11 is 12.1. The first-order valence-corrected chi connectivity index (χ1v) is 13.1. The molecule has 0 aliphatic carbocycles. The molecular weight excluding hydrogens is 461 g/mol. The van der Waals surface area contributed by atoms with Gasteiger partial charge in [0.15, 0.2) is 0 Å². The van der Waals surface area contributed by atoms with Gasteiger partial charge < -0.3 is 9.64 Å². The van der Waals surface area contributed by atoms with Crippen molar-refractivity contribution >= 4 is 39.1 Å². The minimum absolute atomic E-state index is 0.0220. The van der Waals surface area contributed by atoms with Crippen molar-refractivity contribution in [2.24, 2.45) is 5.92 Å². The van der Waals surface area contributed by atoms with Crippen molar-refractivity contribution in [1.29, 1.82) is 0 Å². The molecular formula is C21H29Cl2N3O4S. The first-order chi connectivity index (χ1) is 14.8. The highest BCUT2D eigenvalue weighted by atomic mass is 35.5. The van der Waals surface area contributed by atoms with E-state index in [2.05, 4.69) is 4.90 Å². The molecule has 3 aliphatic heterocycles. The van der Waals surface area contributed by atoms with Crippen LogP contribution in [0.4, 0.5) is 0 Å². The number of rotatable bonds is 5. The lowest BCUT2D eigenvalue weighted by Gasteiger charge is -2.39. The quantitative estimate of drug-likeness (QED) is 0.635. The Balaban J connectivity index is 1.28. The van der Waals surface area contributed by atoms with E-state index in [0.717, 1.165) is 52.2 Å². The number of benzene rings is 1. The Labute approximate surface area is 194 Å². The smallest absolute Gasteiger partial charge is 0.244 e. The summed E-state index contributed by atoms with van der Waals surface area (Å²) in [6.45, 7) is 5.61. The summed E-state index contributed by atoms with van der Waals surface area (Å²) in [4.78, 5) is 17.3. The second kappa shape index (κ2) is 9.93. The monoisotopic (exact) mass is 489 g/mol. The minimum atomic E-state index is -3.73. The van der Waals surface area contributed by atoms with Gasteiger partial charge in [0.1, 0.15) is 4.90 Å². The van der Waals surface area contributed by atoms with Crippen LogP contribution in [0.15, 0.2) is 23.1 Å². The number of amides is 1. The topological polar surface area (TPSA) is 70.2 Å². The third-order valence-electron chi connectivity index (χ3n) is 6.48. The van der Waals surface area contributed by atoms with Gasteiger partial charge >= 0.3 is 0 Å². The highest BCUT2D eigenvalue weighted by molar-refractivity contribution is 7.89. The summed E-state index contributed by atoms with van der Waals surface area (Å²) in [5.74, 6) is 0.0144. The van der Waals surface area contributed by atoms with Crippen LogP contribution in [0.5, 0.6) is 0 Å². The number of nitrogens with zero attached hydrogens (tertiary/aromatic N) is 3. The first-order valence-electron chi connectivity index (χ1n) is 10.9. The van der Waals surface area contributed by atoms with Crippen molar-refractivity contribution in [3.63, 3.8) is 0 Å². The lowest BCUT2D eigenvalue weighted by Crippen LogP contribution is -2.53. The van der Waals surface area contributed by atoms with Crippen LogP contribution >= 0.6 is 23.2 Å². The van der Waals surface area contributed by atoms with Crippen molar-refractivity contribution in [2.75, 3.05) is 52.4 Å². The van der Waals surface area contributed by atoms with Gasteiger partial charge in [0.2, 0.25) is 15.9 Å². The van der Waals surface area contributed by atoms with Crippen LogP contribution in [0.2, 0.25) is 10.0 Å². The zero-order valence-corrected chi connectivity index (χ0v) is 19.8. The van der Waals surface area contributed by atoms with Crippen LogP contribution in [0.3, 0.4) is 0 Å². The van der Waals surface area contributed by atoms with Crippen molar-refractivity contribution in [1.82, 2.24) is 14.1 Å². The Hall–Kier alpha value is -0.900. The van der Waals surface area contributed by atoms with E-state index in [1.54, 1.807) is 6.07 Å². The molecule has 0 saturated carbocycles. The van der Waals surface area contributed by atoms with Crippen molar-refractivity contribution in [2.45, 2.75) is 36.7 Å². The largest absolute Gasteiger partial charge is 0.377 e. The van der Waals surface area contributed by atoms with E-state index >= 15 is 0 Å². The summed E-state index contributed by atoms with van der Waals surface area (Å²) in [7, 11) is -3.73. The van der Waals surface area contributed by atoms with Gasteiger partial charge in [-0.3, -0.25) is 9.69 Å². The molecule has 172 valence electrons. The maximum absolute atomic E-state index is 13.0. The Morgan fingerprint density at radius 3 is 2.39 bits per heavy atom. The van der Waals surface area contributed by atoms with E-state index in [4.69, 9.17) is 27.9 Å². The van der Waals surface area contributed by atoms with Gasteiger partial charge in [-0.25, -0.2) is 8.42 Å². The van der Waals surface area contributed by atoms with Crippen molar-refractivity contribution in [3.05, 3.63) is 28.2 Å². The van der Waals surface area contributed by atoms with Crippen LogP contribution < -0.4 is 0 Å². The molecule has 3 heterocycles. The molecule has 4 rings (SSSR count). The molecule has 0 N–H and O–H groups in total. The molecule has 1 aromatic rings. The summed E-state index contributed by atoms with van der Waals surface area (Å²) in [5, 5.41) is 0.482. The third-order valence-corrected chi connectivity index (χ3v) is 9.10. The number of halogens is 2. The average molecular weight is 490 g/mol. The van der Waals surface area contributed by atoms with Gasteiger partial charge in [-0.05, 0) is 43.9 Å². The van der Waals surface area contributed by atoms with Crippen molar-refractivity contribution in [3.8, 4) is 0 Å². The standard InChI is InChI=1S/C21H29Cl2N3O4S/c22-17-3-4-19(23)20(14-17)31(28,29)26-7-5-16(6-8-26)21(27)25-11-9-24(10-12-25)15-18-2-1-13-30-18/h3-4,14,16,18H,1-2,5-13,15H2. The van der Waals surface area contributed by atoms with Gasteiger partial charge in [-0.1, -0.05) is 23.2 Å². The maximum Gasteiger partial charge on any atom is 0.244 e. The molecule has 31 heavy (non-hydrogen) atoms.